The summed E-state index contributed by atoms with van der Waals surface area (Å²) in [7, 11) is -6.58. The van der Waals surface area contributed by atoms with Crippen LogP contribution in [0.5, 0.6) is 0 Å². The van der Waals surface area contributed by atoms with E-state index in [1.807, 2.05) is 0 Å². The van der Waals surface area contributed by atoms with Gasteiger partial charge >= 0.3 is 7.25 Å². The van der Waals surface area contributed by atoms with E-state index < -0.39 is 15.2 Å². The van der Waals surface area contributed by atoms with Crippen molar-refractivity contribution in [3.8, 4) is 0 Å². The molecule has 1 aromatic carbocycles. The second kappa shape index (κ2) is 7.13. The molecule has 0 N–H and O–H groups in total. The van der Waals surface area contributed by atoms with Crippen LogP contribution in [0.15, 0.2) is 24.3 Å². The topological polar surface area (TPSA) is 0 Å². The van der Waals surface area contributed by atoms with E-state index in [0.29, 0.717) is 10.3 Å². The number of rotatable bonds is 1. The van der Waals surface area contributed by atoms with Crippen LogP contribution in [-0.4, -0.2) is 17.6 Å². The Bertz CT molecular complexity index is 424. The molecule has 0 atom stereocenters. The van der Waals surface area contributed by atoms with Gasteiger partial charge in [0.15, 0.2) is 0 Å². The summed E-state index contributed by atoms with van der Waals surface area (Å²) in [6.07, 6.45) is 0. The van der Waals surface area contributed by atoms with Gasteiger partial charge in [0.05, 0.1) is 15.6 Å². The molecule has 1 rings (SSSR count). The molecule has 0 saturated heterocycles. The van der Waals surface area contributed by atoms with E-state index >= 15 is 0 Å². The molecule has 0 spiro atoms. The van der Waals surface area contributed by atoms with Crippen LogP contribution in [0.3, 0.4) is 0 Å². The fourth-order valence-corrected chi connectivity index (χ4v) is 7.41. The molecule has 0 nitrogen and oxygen atoms in total. The molecule has 0 radical (unpaired) electrons. The minimum absolute atomic E-state index is 0.400. The zero-order valence-corrected chi connectivity index (χ0v) is 14.9. The van der Waals surface area contributed by atoms with Crippen molar-refractivity contribution in [2.24, 2.45) is 0 Å². The third kappa shape index (κ3) is 9.13. The van der Waals surface area contributed by atoms with Gasteiger partial charge in [-0.15, -0.1) is 0 Å². The maximum Gasteiger partial charge on any atom is 0.673 e. The van der Waals surface area contributed by atoms with Gasteiger partial charge in [0.1, 0.15) is 0 Å². The molecule has 0 aliphatic carbocycles. The maximum absolute atomic E-state index is 9.75. The summed E-state index contributed by atoms with van der Waals surface area (Å²) in [4.78, 5) is 0. The van der Waals surface area contributed by atoms with Crippen LogP contribution in [0.1, 0.15) is 47.1 Å². The lowest BCUT2D eigenvalue weighted by Gasteiger charge is -2.33. The van der Waals surface area contributed by atoms with Crippen LogP contribution in [0.25, 0.3) is 0 Å². The van der Waals surface area contributed by atoms with Crippen LogP contribution >= 0.6 is 7.92 Å². The second-order valence-corrected chi connectivity index (χ2v) is 11.6. The first-order chi connectivity index (χ1) is 9.12. The third-order valence-corrected chi connectivity index (χ3v) is 6.70. The summed E-state index contributed by atoms with van der Waals surface area (Å²) >= 11 is 0. The molecule has 21 heavy (non-hydrogen) atoms. The van der Waals surface area contributed by atoms with Crippen LogP contribution < -0.4 is 5.30 Å². The predicted molar refractivity (Wildman–Crippen MR) is 88.8 cm³/mol. The third-order valence-electron chi connectivity index (χ3n) is 2.81. The zero-order valence-electron chi connectivity index (χ0n) is 13.9. The quantitative estimate of drug-likeness (QED) is 0.351. The van der Waals surface area contributed by atoms with E-state index in [2.05, 4.69) is 72.7 Å². The Hall–Kier alpha value is -0.565. The Morgan fingerprint density at radius 3 is 1.52 bits per heavy atom. The van der Waals surface area contributed by atoms with Gasteiger partial charge in [-0.3, -0.25) is 0 Å². The van der Waals surface area contributed by atoms with Crippen molar-refractivity contribution in [1.29, 1.82) is 0 Å². The van der Waals surface area contributed by atoms with Crippen molar-refractivity contribution >= 4 is 20.5 Å². The highest BCUT2D eigenvalue weighted by molar-refractivity contribution is 7.68. The molecule has 0 saturated carbocycles. The molecule has 0 aliphatic heterocycles. The Morgan fingerprint density at radius 1 is 0.857 bits per heavy atom. The largest absolute Gasteiger partial charge is 0.673 e. The van der Waals surface area contributed by atoms with Crippen molar-refractivity contribution in [3.63, 3.8) is 0 Å². The zero-order chi connectivity index (χ0) is 17.1. The van der Waals surface area contributed by atoms with Gasteiger partial charge in [0, 0.05) is 7.92 Å². The Kier molecular flexibility index (Phi) is 6.94. The Labute approximate surface area is 127 Å². The Balaban J connectivity index is 0.000000690. The number of halogens is 4. The van der Waals surface area contributed by atoms with E-state index in [9.17, 15) is 17.3 Å². The summed E-state index contributed by atoms with van der Waals surface area (Å²) in [6.45, 7) is 16.5. The number of aryl methyl sites for hydroxylation is 1. The standard InChI is InChI=1S/C15H25P.BF4/c1-12-9-8-10-13(11-12)16(14(2,3)4)15(5,6)7;2-1(3,4)5/h8-11H,1-7H3;/q;-1/p+1. The summed E-state index contributed by atoms with van der Waals surface area (Å²) in [5.74, 6) is 0. The minimum Gasteiger partial charge on any atom is -0.418 e. The first kappa shape index (κ1) is 20.4. The van der Waals surface area contributed by atoms with Crippen LogP contribution in [0.2, 0.25) is 0 Å². The average molecular weight is 324 g/mol. The first-order valence-corrected chi connectivity index (χ1v) is 8.44. The highest BCUT2D eigenvalue weighted by Crippen LogP contribution is 2.58. The van der Waals surface area contributed by atoms with Crippen LogP contribution in [-0.2, 0) is 0 Å². The number of hydrogen-bond donors (Lipinski definition) is 0. The highest BCUT2D eigenvalue weighted by atomic mass is 31.1. The summed E-state index contributed by atoms with van der Waals surface area (Å²) in [6, 6.07) is 9.09. The van der Waals surface area contributed by atoms with Crippen molar-refractivity contribution in [1.82, 2.24) is 0 Å². The van der Waals surface area contributed by atoms with Gasteiger partial charge in [-0.2, -0.15) is 0 Å². The smallest absolute Gasteiger partial charge is 0.418 e. The second-order valence-electron chi connectivity index (χ2n) is 7.24. The van der Waals surface area contributed by atoms with Crippen molar-refractivity contribution in [2.75, 3.05) is 0 Å². The van der Waals surface area contributed by atoms with Gasteiger partial charge in [0.2, 0.25) is 0 Å². The van der Waals surface area contributed by atoms with Gasteiger partial charge < -0.3 is 17.3 Å². The first-order valence-electron chi connectivity index (χ1n) is 6.94. The predicted octanol–water partition coefficient (Wildman–Crippen LogP) is 5.73. The maximum atomic E-state index is 9.75. The molecular formula is C15H26BF4P. The Morgan fingerprint density at radius 2 is 1.24 bits per heavy atom. The normalized spacial score (nSPS) is 13.0. The van der Waals surface area contributed by atoms with Crippen molar-refractivity contribution < 1.29 is 17.3 Å². The highest BCUT2D eigenvalue weighted by Gasteiger charge is 2.43. The van der Waals surface area contributed by atoms with Gasteiger partial charge in [-0.25, -0.2) is 0 Å². The molecule has 6 heteroatoms. The van der Waals surface area contributed by atoms with Gasteiger partial charge in [0.25, 0.3) is 0 Å². The SMILES string of the molecule is Cc1cccc([PH+](C(C)(C)C)C(C)(C)C)c1.F[B-](F)(F)F. The molecular weight excluding hydrogens is 298 g/mol. The van der Waals surface area contributed by atoms with E-state index in [0.717, 1.165) is 0 Å². The van der Waals surface area contributed by atoms with Gasteiger partial charge in [-0.1, -0.05) is 12.1 Å². The lowest BCUT2D eigenvalue weighted by atomic mass is 10.2. The molecule has 122 valence electrons. The van der Waals surface area contributed by atoms with E-state index in [1.165, 1.54) is 5.56 Å². The van der Waals surface area contributed by atoms with Crippen LogP contribution in [0, 0.1) is 6.92 Å². The minimum atomic E-state index is -6.00. The molecule has 0 amide bonds. The molecule has 0 bridgehead atoms. The van der Waals surface area contributed by atoms with Crippen molar-refractivity contribution in [3.05, 3.63) is 29.8 Å². The molecule has 0 fully saturated rings. The number of hydrogen-bond acceptors (Lipinski definition) is 0. The monoisotopic (exact) mass is 324 g/mol. The van der Waals surface area contributed by atoms with E-state index in [1.54, 1.807) is 5.30 Å². The summed E-state index contributed by atoms with van der Waals surface area (Å²) < 4.78 is 39.0. The van der Waals surface area contributed by atoms with Gasteiger partial charge in [-0.05, 0) is 66.2 Å². The summed E-state index contributed by atoms with van der Waals surface area (Å²) in [5.41, 5.74) is 1.38. The molecule has 0 heterocycles. The van der Waals surface area contributed by atoms with Crippen molar-refractivity contribution in [2.45, 2.75) is 58.8 Å². The lowest BCUT2D eigenvalue weighted by molar-refractivity contribution is 0.368. The molecule has 1 aromatic rings. The fraction of sp³-hybridized carbons (Fsp3) is 0.600. The number of benzene rings is 1. The fourth-order valence-electron chi connectivity index (χ4n) is 2.79. The van der Waals surface area contributed by atoms with Crippen LogP contribution in [0.4, 0.5) is 17.3 Å². The van der Waals surface area contributed by atoms with E-state index in [-0.39, 0.29) is 0 Å². The average Bonchev–Trinajstić information content (AvgIpc) is 2.08. The molecule has 0 aliphatic rings. The van der Waals surface area contributed by atoms with E-state index in [4.69, 9.17) is 0 Å². The molecule has 0 unspecified atom stereocenters. The molecule has 0 aromatic heterocycles. The lowest BCUT2D eigenvalue weighted by Crippen LogP contribution is -2.31. The summed E-state index contributed by atoms with van der Waals surface area (Å²) in [5, 5.41) is 2.37.